The first-order valence-electron chi connectivity index (χ1n) is 8.84. The second-order valence-electron chi connectivity index (χ2n) is 6.59. The topological polar surface area (TPSA) is 57.5 Å². The number of aryl methyl sites for hydroxylation is 1. The lowest BCUT2D eigenvalue weighted by molar-refractivity contribution is 0.653. The van der Waals surface area contributed by atoms with Crippen molar-refractivity contribution in [3.05, 3.63) is 42.1 Å². The van der Waals surface area contributed by atoms with Crippen LogP contribution in [-0.4, -0.2) is 47.8 Å². The fourth-order valence-electron chi connectivity index (χ4n) is 3.23. The second-order valence-corrected chi connectivity index (χ2v) is 6.59. The van der Waals surface area contributed by atoms with Crippen molar-refractivity contribution in [1.82, 2.24) is 19.9 Å². The van der Waals surface area contributed by atoms with Crippen LogP contribution in [0.5, 0.6) is 0 Å². The summed E-state index contributed by atoms with van der Waals surface area (Å²) in [5.41, 5.74) is 5.40. The van der Waals surface area contributed by atoms with E-state index in [-0.39, 0.29) is 0 Å². The Labute approximate surface area is 147 Å². The molecule has 4 rings (SSSR count). The van der Waals surface area contributed by atoms with Gasteiger partial charge in [0, 0.05) is 37.9 Å². The van der Waals surface area contributed by atoms with E-state index in [1.54, 1.807) is 0 Å². The van der Waals surface area contributed by atoms with Gasteiger partial charge in [-0.05, 0) is 49.7 Å². The maximum atomic E-state index is 4.84. The Bertz CT molecular complexity index is 885. The van der Waals surface area contributed by atoms with Gasteiger partial charge >= 0.3 is 0 Å². The third-order valence-electron chi connectivity index (χ3n) is 4.73. The largest absolute Gasteiger partial charge is 0.384 e. The lowest BCUT2D eigenvalue weighted by atomic mass is 10.1. The molecule has 0 saturated heterocycles. The van der Waals surface area contributed by atoms with Crippen molar-refractivity contribution >= 4 is 17.2 Å². The van der Waals surface area contributed by atoms with Crippen molar-refractivity contribution in [2.45, 2.75) is 13.3 Å². The molecular weight excluding hydrogens is 312 g/mol. The lowest BCUT2D eigenvalue weighted by Gasteiger charge is -2.18. The van der Waals surface area contributed by atoms with Gasteiger partial charge in [0.1, 0.15) is 5.82 Å². The van der Waals surface area contributed by atoms with Crippen LogP contribution in [0.3, 0.4) is 0 Å². The predicted octanol–water partition coefficient (Wildman–Crippen LogP) is 2.55. The van der Waals surface area contributed by atoms with Gasteiger partial charge in [-0.25, -0.2) is 9.50 Å². The number of hydrogen-bond donors (Lipinski definition) is 2. The zero-order valence-electron chi connectivity index (χ0n) is 14.8. The Morgan fingerprint density at radius 2 is 2.00 bits per heavy atom. The van der Waals surface area contributed by atoms with Crippen LogP contribution < -0.4 is 15.5 Å². The smallest absolute Gasteiger partial charge is 0.154 e. The number of nitrogens with zero attached hydrogens (tertiary/aromatic N) is 4. The maximum absolute atomic E-state index is 4.84. The molecule has 4 bridgehead atoms. The van der Waals surface area contributed by atoms with Crippen LogP contribution in [-0.2, 0) is 0 Å². The molecule has 1 aliphatic heterocycles. The molecule has 0 atom stereocenters. The van der Waals surface area contributed by atoms with Crippen molar-refractivity contribution in [2.24, 2.45) is 0 Å². The van der Waals surface area contributed by atoms with Crippen LogP contribution in [0.4, 0.5) is 11.5 Å². The first kappa shape index (κ1) is 15.9. The van der Waals surface area contributed by atoms with Gasteiger partial charge < -0.3 is 15.5 Å². The average molecular weight is 336 g/mol. The third-order valence-corrected chi connectivity index (χ3v) is 4.73. The highest BCUT2D eigenvalue weighted by Crippen LogP contribution is 2.27. The molecule has 1 aliphatic rings. The van der Waals surface area contributed by atoms with E-state index < -0.39 is 0 Å². The summed E-state index contributed by atoms with van der Waals surface area (Å²) in [4.78, 5) is 6.74. The van der Waals surface area contributed by atoms with E-state index in [0.29, 0.717) is 0 Å². The van der Waals surface area contributed by atoms with E-state index in [9.17, 15) is 0 Å². The number of aromatic nitrogens is 3. The molecule has 0 radical (unpaired) electrons. The highest BCUT2D eigenvalue weighted by molar-refractivity contribution is 5.71. The lowest BCUT2D eigenvalue weighted by Crippen LogP contribution is -2.27. The van der Waals surface area contributed by atoms with Gasteiger partial charge in [-0.1, -0.05) is 6.07 Å². The number of rotatable bonds is 0. The molecule has 25 heavy (non-hydrogen) atoms. The summed E-state index contributed by atoms with van der Waals surface area (Å²) in [6.07, 6.45) is 3.00. The molecule has 0 fully saturated rings. The van der Waals surface area contributed by atoms with Crippen LogP contribution in [0.15, 0.2) is 36.5 Å². The van der Waals surface area contributed by atoms with Crippen LogP contribution in [0, 0.1) is 6.92 Å². The first-order valence-corrected chi connectivity index (χ1v) is 8.84. The molecule has 6 nitrogen and oxygen atoms in total. The summed E-state index contributed by atoms with van der Waals surface area (Å²) in [5.74, 6) is 0.966. The molecular formula is C19H24N6. The van der Waals surface area contributed by atoms with Gasteiger partial charge in [0.25, 0.3) is 0 Å². The molecule has 1 aromatic carbocycles. The van der Waals surface area contributed by atoms with Crippen LogP contribution in [0.25, 0.3) is 16.9 Å². The Kier molecular flexibility index (Phi) is 4.28. The van der Waals surface area contributed by atoms with Gasteiger partial charge in [0.05, 0.1) is 11.9 Å². The van der Waals surface area contributed by atoms with Gasteiger partial charge in [0.15, 0.2) is 5.65 Å². The second kappa shape index (κ2) is 6.72. The number of nitrogens with one attached hydrogen (secondary N) is 2. The Hall–Kier alpha value is -2.60. The molecule has 3 heterocycles. The summed E-state index contributed by atoms with van der Waals surface area (Å²) < 4.78 is 1.95. The number of benzene rings is 1. The molecule has 130 valence electrons. The van der Waals surface area contributed by atoms with Crippen molar-refractivity contribution < 1.29 is 0 Å². The quantitative estimate of drug-likeness (QED) is 0.661. The van der Waals surface area contributed by atoms with Gasteiger partial charge in [-0.2, -0.15) is 0 Å². The molecule has 6 heteroatoms. The molecule has 3 aromatic rings. The Morgan fingerprint density at radius 1 is 1.08 bits per heavy atom. The highest BCUT2D eigenvalue weighted by atomic mass is 15.3. The van der Waals surface area contributed by atoms with Gasteiger partial charge in [-0.15, -0.1) is 5.10 Å². The van der Waals surface area contributed by atoms with Gasteiger partial charge in [0.2, 0.25) is 0 Å². The molecule has 0 unspecified atom stereocenters. The summed E-state index contributed by atoms with van der Waals surface area (Å²) in [6, 6.07) is 10.6. The minimum Gasteiger partial charge on any atom is -0.384 e. The monoisotopic (exact) mass is 336 g/mol. The molecule has 0 aliphatic carbocycles. The van der Waals surface area contributed by atoms with E-state index in [4.69, 9.17) is 5.10 Å². The highest BCUT2D eigenvalue weighted by Gasteiger charge is 2.13. The fraction of sp³-hybridized carbons (Fsp3) is 0.368. The van der Waals surface area contributed by atoms with Crippen molar-refractivity contribution in [3.63, 3.8) is 0 Å². The summed E-state index contributed by atoms with van der Waals surface area (Å²) in [6.45, 7) is 5.96. The number of fused-ring (bicyclic) bond motifs is 4. The standard InChI is InChI=1S/C19H24N6/c1-14-4-5-15-12-16(14)17-13-22-18-6-7-19(23-25(17)18)24(2)11-3-8-20-9-10-21-15/h4-7,12-13,20-21H,3,8-11H2,1-2H3. The molecule has 2 N–H and O–H groups in total. The van der Waals surface area contributed by atoms with E-state index in [1.165, 1.54) is 5.56 Å². The predicted molar refractivity (Wildman–Crippen MR) is 102 cm³/mol. The van der Waals surface area contributed by atoms with E-state index in [2.05, 4.69) is 52.7 Å². The van der Waals surface area contributed by atoms with E-state index >= 15 is 0 Å². The Balaban J connectivity index is 1.85. The van der Waals surface area contributed by atoms with Crippen LogP contribution in [0.1, 0.15) is 12.0 Å². The first-order chi connectivity index (χ1) is 12.2. The third kappa shape index (κ3) is 3.17. The summed E-state index contributed by atoms with van der Waals surface area (Å²) >= 11 is 0. The minimum atomic E-state index is 0.871. The van der Waals surface area contributed by atoms with Gasteiger partial charge in [-0.3, -0.25) is 0 Å². The Morgan fingerprint density at radius 3 is 2.92 bits per heavy atom. The van der Waals surface area contributed by atoms with Crippen LogP contribution in [0.2, 0.25) is 0 Å². The normalized spacial score (nSPS) is 15.7. The van der Waals surface area contributed by atoms with Crippen molar-refractivity contribution in [1.29, 1.82) is 0 Å². The number of anilines is 2. The number of hydrogen-bond acceptors (Lipinski definition) is 5. The van der Waals surface area contributed by atoms with Crippen molar-refractivity contribution in [2.75, 3.05) is 43.4 Å². The number of imidazole rings is 1. The summed E-state index contributed by atoms with van der Waals surface area (Å²) in [7, 11) is 2.09. The molecule has 0 spiro atoms. The fourth-order valence-corrected chi connectivity index (χ4v) is 3.23. The van der Waals surface area contributed by atoms with Crippen LogP contribution >= 0.6 is 0 Å². The zero-order valence-corrected chi connectivity index (χ0v) is 14.8. The summed E-state index contributed by atoms with van der Waals surface area (Å²) in [5, 5.41) is 11.8. The van der Waals surface area contributed by atoms with E-state index in [0.717, 1.165) is 61.0 Å². The minimum absolute atomic E-state index is 0.871. The zero-order chi connectivity index (χ0) is 17.2. The maximum Gasteiger partial charge on any atom is 0.154 e. The van der Waals surface area contributed by atoms with E-state index in [1.807, 2.05) is 22.8 Å². The molecule has 2 aromatic heterocycles. The average Bonchev–Trinajstić information content (AvgIpc) is 3.04. The SMILES string of the molecule is Cc1ccc2cc1-c1cnc3ccc(nn13)N(C)CCCNCCN2. The van der Waals surface area contributed by atoms with Crippen molar-refractivity contribution in [3.8, 4) is 11.3 Å². The molecule has 0 amide bonds. The molecule has 0 saturated carbocycles.